The maximum absolute atomic E-state index is 13.2. The van der Waals surface area contributed by atoms with E-state index in [2.05, 4.69) is 38.7 Å². The number of amides is 1. The minimum absolute atomic E-state index is 0.118. The Labute approximate surface area is 137 Å². The first kappa shape index (κ1) is 14.5. The van der Waals surface area contributed by atoms with E-state index in [0.717, 1.165) is 25.2 Å². The molecule has 2 heterocycles. The summed E-state index contributed by atoms with van der Waals surface area (Å²) in [5, 5.41) is 0. The van der Waals surface area contributed by atoms with Crippen LogP contribution in [0.15, 0.2) is 42.7 Å². The largest absolute Gasteiger partial charge is 0.331 e. The fourth-order valence-electron chi connectivity index (χ4n) is 3.98. The molecule has 0 radical (unpaired) electrons. The lowest BCUT2D eigenvalue weighted by atomic mass is 9.87. The fourth-order valence-corrected chi connectivity index (χ4v) is 3.98. The van der Waals surface area contributed by atoms with E-state index in [9.17, 15) is 4.79 Å². The van der Waals surface area contributed by atoms with Crippen molar-refractivity contribution in [1.82, 2.24) is 14.5 Å². The van der Waals surface area contributed by atoms with Crippen LogP contribution in [0.5, 0.6) is 0 Å². The van der Waals surface area contributed by atoms with Gasteiger partial charge in [0.2, 0.25) is 5.91 Å². The Hall–Kier alpha value is -2.10. The number of carbonyl (C=O) groups excluding carboxylic acids is 1. The van der Waals surface area contributed by atoms with E-state index >= 15 is 0 Å². The summed E-state index contributed by atoms with van der Waals surface area (Å²) in [7, 11) is 0. The Morgan fingerprint density at radius 3 is 2.65 bits per heavy atom. The van der Waals surface area contributed by atoms with Crippen LogP contribution in [0.3, 0.4) is 0 Å². The molecule has 0 N–H and O–H groups in total. The van der Waals surface area contributed by atoms with Gasteiger partial charge in [0, 0.05) is 24.9 Å². The standard InChI is InChI=1S/C19H23N3O/c23-19(16-9-5-2-6-10-16)22-14-18-20-11-12-21(18)13-17(22)15-7-3-1-4-8-15/h1,3-4,7-8,11-12,16-17H,2,5-6,9-10,13-14H2/t17-/m0/s1. The number of rotatable bonds is 2. The smallest absolute Gasteiger partial charge is 0.226 e. The van der Waals surface area contributed by atoms with Crippen LogP contribution in [0.1, 0.15) is 49.5 Å². The van der Waals surface area contributed by atoms with Gasteiger partial charge in [-0.15, -0.1) is 0 Å². The summed E-state index contributed by atoms with van der Waals surface area (Å²) in [6.07, 6.45) is 9.61. The highest BCUT2D eigenvalue weighted by Crippen LogP contribution is 2.33. The zero-order chi connectivity index (χ0) is 15.6. The van der Waals surface area contributed by atoms with Gasteiger partial charge in [-0.25, -0.2) is 4.98 Å². The molecule has 0 bridgehead atoms. The Kier molecular flexibility index (Phi) is 3.90. The van der Waals surface area contributed by atoms with E-state index < -0.39 is 0 Å². The number of carbonyl (C=O) groups is 1. The zero-order valence-electron chi connectivity index (χ0n) is 13.4. The molecule has 1 saturated carbocycles. The maximum atomic E-state index is 13.2. The van der Waals surface area contributed by atoms with Gasteiger partial charge >= 0.3 is 0 Å². The SMILES string of the molecule is O=C(C1CCCCC1)N1Cc2nccn2C[C@H]1c1ccccc1. The van der Waals surface area contributed by atoms with Crippen molar-refractivity contribution in [1.29, 1.82) is 0 Å². The minimum atomic E-state index is 0.118. The van der Waals surface area contributed by atoms with Crippen molar-refractivity contribution < 1.29 is 4.79 Å². The first-order valence-electron chi connectivity index (χ1n) is 8.68. The van der Waals surface area contributed by atoms with Crippen LogP contribution >= 0.6 is 0 Å². The Morgan fingerprint density at radius 2 is 1.87 bits per heavy atom. The van der Waals surface area contributed by atoms with Gasteiger partial charge in [0.15, 0.2) is 0 Å². The molecule has 1 aliphatic heterocycles. The van der Waals surface area contributed by atoms with Gasteiger partial charge in [-0.05, 0) is 18.4 Å². The number of imidazole rings is 1. The first-order valence-corrected chi connectivity index (χ1v) is 8.68. The molecule has 23 heavy (non-hydrogen) atoms. The minimum Gasteiger partial charge on any atom is -0.331 e. The van der Waals surface area contributed by atoms with Crippen molar-refractivity contribution in [2.75, 3.05) is 0 Å². The second kappa shape index (κ2) is 6.19. The molecule has 0 saturated heterocycles. The number of hydrogen-bond donors (Lipinski definition) is 0. The second-order valence-corrected chi connectivity index (χ2v) is 6.72. The molecule has 1 aromatic carbocycles. The molecule has 1 aromatic heterocycles. The Morgan fingerprint density at radius 1 is 1.09 bits per heavy atom. The lowest BCUT2D eigenvalue weighted by molar-refractivity contribution is -0.141. The summed E-state index contributed by atoms with van der Waals surface area (Å²) >= 11 is 0. The highest BCUT2D eigenvalue weighted by atomic mass is 16.2. The molecule has 2 aliphatic rings. The molecule has 4 rings (SSSR count). The summed E-state index contributed by atoms with van der Waals surface area (Å²) in [5.74, 6) is 1.53. The molecule has 1 fully saturated rings. The van der Waals surface area contributed by atoms with Crippen LogP contribution in [-0.2, 0) is 17.9 Å². The fraction of sp³-hybridized carbons (Fsp3) is 0.474. The van der Waals surface area contributed by atoms with Crippen molar-refractivity contribution in [3.05, 3.63) is 54.1 Å². The number of aromatic nitrogens is 2. The molecule has 120 valence electrons. The lowest BCUT2D eigenvalue weighted by Gasteiger charge is -2.39. The molecule has 0 spiro atoms. The van der Waals surface area contributed by atoms with Crippen LogP contribution in [0.25, 0.3) is 0 Å². The first-order chi connectivity index (χ1) is 11.3. The monoisotopic (exact) mass is 309 g/mol. The van der Waals surface area contributed by atoms with E-state index in [1.807, 2.05) is 18.5 Å². The summed E-state index contributed by atoms with van der Waals surface area (Å²) < 4.78 is 2.18. The van der Waals surface area contributed by atoms with Crippen LogP contribution in [0, 0.1) is 5.92 Å². The Balaban J connectivity index is 1.65. The highest BCUT2D eigenvalue weighted by Gasteiger charge is 2.35. The average Bonchev–Trinajstić information content (AvgIpc) is 3.09. The molecular formula is C19H23N3O. The van der Waals surface area contributed by atoms with Gasteiger partial charge in [0.25, 0.3) is 0 Å². The molecule has 4 nitrogen and oxygen atoms in total. The third-order valence-corrected chi connectivity index (χ3v) is 5.28. The number of benzene rings is 1. The lowest BCUT2D eigenvalue weighted by Crippen LogP contribution is -2.44. The van der Waals surface area contributed by atoms with Crippen molar-refractivity contribution in [2.24, 2.45) is 5.92 Å². The summed E-state index contributed by atoms with van der Waals surface area (Å²) in [4.78, 5) is 19.7. The Bertz CT molecular complexity index is 673. The topological polar surface area (TPSA) is 38.1 Å². The molecule has 1 amide bonds. The van der Waals surface area contributed by atoms with Crippen LogP contribution in [-0.4, -0.2) is 20.4 Å². The van der Waals surface area contributed by atoms with Gasteiger partial charge in [-0.2, -0.15) is 0 Å². The van der Waals surface area contributed by atoms with Crippen LogP contribution in [0.4, 0.5) is 0 Å². The van der Waals surface area contributed by atoms with Gasteiger partial charge < -0.3 is 9.47 Å². The van der Waals surface area contributed by atoms with Crippen molar-refractivity contribution >= 4 is 5.91 Å². The number of nitrogens with zero attached hydrogens (tertiary/aromatic N) is 3. The van der Waals surface area contributed by atoms with E-state index in [-0.39, 0.29) is 12.0 Å². The van der Waals surface area contributed by atoms with Gasteiger partial charge in [0.1, 0.15) is 5.82 Å². The van der Waals surface area contributed by atoms with E-state index in [0.29, 0.717) is 12.5 Å². The van der Waals surface area contributed by atoms with E-state index in [1.165, 1.54) is 24.8 Å². The molecule has 2 aromatic rings. The quantitative estimate of drug-likeness (QED) is 0.851. The van der Waals surface area contributed by atoms with Crippen molar-refractivity contribution in [3.63, 3.8) is 0 Å². The van der Waals surface area contributed by atoms with Crippen molar-refractivity contribution in [3.8, 4) is 0 Å². The van der Waals surface area contributed by atoms with Crippen LogP contribution in [0.2, 0.25) is 0 Å². The number of fused-ring (bicyclic) bond motifs is 1. The maximum Gasteiger partial charge on any atom is 0.226 e. The van der Waals surface area contributed by atoms with Gasteiger partial charge in [-0.3, -0.25) is 4.79 Å². The zero-order valence-corrected chi connectivity index (χ0v) is 13.4. The van der Waals surface area contributed by atoms with Gasteiger partial charge in [-0.1, -0.05) is 49.6 Å². The molecule has 1 atom stereocenters. The van der Waals surface area contributed by atoms with Crippen molar-refractivity contribution in [2.45, 2.75) is 51.2 Å². The van der Waals surface area contributed by atoms with E-state index in [1.54, 1.807) is 0 Å². The average molecular weight is 309 g/mol. The highest BCUT2D eigenvalue weighted by molar-refractivity contribution is 5.79. The van der Waals surface area contributed by atoms with E-state index in [4.69, 9.17) is 0 Å². The van der Waals surface area contributed by atoms with Gasteiger partial charge in [0.05, 0.1) is 12.6 Å². The third kappa shape index (κ3) is 2.78. The third-order valence-electron chi connectivity index (χ3n) is 5.28. The van der Waals surface area contributed by atoms with Crippen LogP contribution < -0.4 is 0 Å². The number of hydrogen-bond acceptors (Lipinski definition) is 2. The normalized spacial score (nSPS) is 21.9. The second-order valence-electron chi connectivity index (χ2n) is 6.72. The summed E-state index contributed by atoms with van der Waals surface area (Å²) in [6, 6.07) is 10.5. The predicted octanol–water partition coefficient (Wildman–Crippen LogP) is 3.55. The predicted molar refractivity (Wildman–Crippen MR) is 88.5 cm³/mol. The summed E-state index contributed by atoms with van der Waals surface area (Å²) in [5.41, 5.74) is 1.22. The summed E-state index contributed by atoms with van der Waals surface area (Å²) in [6.45, 7) is 1.43. The molecule has 0 unspecified atom stereocenters. The molecular weight excluding hydrogens is 286 g/mol. The molecule has 1 aliphatic carbocycles. The molecule has 4 heteroatoms.